The Morgan fingerprint density at radius 2 is 1.58 bits per heavy atom. The zero-order valence-electron chi connectivity index (χ0n) is 15.0. The fraction of sp³-hybridized carbons (Fsp3) is 0.316. The second-order valence-electron chi connectivity index (χ2n) is 6.55. The van der Waals surface area contributed by atoms with E-state index in [4.69, 9.17) is 0 Å². The smallest absolute Gasteiger partial charge is 0.235 e. The molecule has 0 unspecified atom stereocenters. The molecule has 1 aliphatic heterocycles. The third-order valence-corrected chi connectivity index (χ3v) is 5.90. The summed E-state index contributed by atoms with van der Waals surface area (Å²) in [5, 5.41) is 5.96. The second-order valence-corrected chi connectivity index (χ2v) is 8.79. The van der Waals surface area contributed by atoms with Gasteiger partial charge < -0.3 is 10.6 Å². The van der Waals surface area contributed by atoms with Crippen LogP contribution in [-0.4, -0.2) is 32.7 Å². The predicted octanol–water partition coefficient (Wildman–Crippen LogP) is 2.80. The summed E-state index contributed by atoms with van der Waals surface area (Å²) in [4.78, 5) is 4.31. The van der Waals surface area contributed by atoms with E-state index in [1.807, 2.05) is 24.3 Å². The van der Waals surface area contributed by atoms with E-state index in [-0.39, 0.29) is 0 Å². The lowest BCUT2D eigenvalue weighted by atomic mass is 10.0. The molecule has 2 aromatic rings. The molecular weight excluding hydrogens is 348 g/mol. The number of nitrogens with zero attached hydrogens (tertiary/aromatic N) is 1. The quantitative estimate of drug-likeness (QED) is 0.728. The number of rotatable bonds is 6. The molecule has 138 valence electrons. The Morgan fingerprint density at radius 3 is 2.08 bits per heavy atom. The highest BCUT2D eigenvalue weighted by atomic mass is 32.2. The van der Waals surface area contributed by atoms with Crippen LogP contribution in [0.5, 0.6) is 0 Å². The summed E-state index contributed by atoms with van der Waals surface area (Å²) in [5.74, 6) is 0.817. The van der Waals surface area contributed by atoms with Crippen LogP contribution >= 0.6 is 0 Å². The highest BCUT2D eigenvalue weighted by Crippen LogP contribution is 2.17. The van der Waals surface area contributed by atoms with Gasteiger partial charge in [-0.05, 0) is 55.7 Å². The van der Waals surface area contributed by atoms with Crippen molar-refractivity contribution in [1.82, 2.24) is 5.32 Å². The van der Waals surface area contributed by atoms with Crippen LogP contribution in [0.2, 0.25) is 0 Å². The molecule has 1 heterocycles. The molecule has 7 heteroatoms. The molecule has 0 fully saturated rings. The molecule has 0 spiro atoms. The van der Waals surface area contributed by atoms with Gasteiger partial charge in [0.05, 0.1) is 11.8 Å². The second kappa shape index (κ2) is 7.78. The van der Waals surface area contributed by atoms with Gasteiger partial charge in [0, 0.05) is 17.9 Å². The SMILES string of the molecule is CC(C)S(=O)(=O)Nc1ccc(Cc2ccc(NC3=NCCN3)cc2)cc1. The van der Waals surface area contributed by atoms with Crippen molar-refractivity contribution in [1.29, 1.82) is 0 Å². The molecule has 6 nitrogen and oxygen atoms in total. The van der Waals surface area contributed by atoms with Crippen molar-refractivity contribution in [3.63, 3.8) is 0 Å². The zero-order valence-corrected chi connectivity index (χ0v) is 15.8. The number of anilines is 2. The molecule has 3 N–H and O–H groups in total. The number of aliphatic imine (C=N–C) groups is 1. The van der Waals surface area contributed by atoms with Crippen LogP contribution in [-0.2, 0) is 16.4 Å². The first-order valence-corrected chi connectivity index (χ1v) is 10.2. The monoisotopic (exact) mass is 372 g/mol. The van der Waals surface area contributed by atoms with Crippen LogP contribution in [0.1, 0.15) is 25.0 Å². The topological polar surface area (TPSA) is 82.6 Å². The Morgan fingerprint density at radius 1 is 1.00 bits per heavy atom. The van der Waals surface area contributed by atoms with Crippen molar-refractivity contribution in [2.24, 2.45) is 4.99 Å². The number of benzene rings is 2. The van der Waals surface area contributed by atoms with Crippen LogP contribution in [0.25, 0.3) is 0 Å². The first kappa shape index (κ1) is 18.3. The molecule has 0 amide bonds. The summed E-state index contributed by atoms with van der Waals surface area (Å²) in [6.07, 6.45) is 0.788. The van der Waals surface area contributed by atoms with Gasteiger partial charge in [-0.15, -0.1) is 0 Å². The van der Waals surface area contributed by atoms with E-state index in [1.165, 1.54) is 5.56 Å². The van der Waals surface area contributed by atoms with Crippen molar-refractivity contribution in [3.8, 4) is 0 Å². The lowest BCUT2D eigenvalue weighted by molar-refractivity contribution is 0.593. The van der Waals surface area contributed by atoms with Crippen LogP contribution < -0.4 is 15.4 Å². The van der Waals surface area contributed by atoms with Gasteiger partial charge in [0.15, 0.2) is 5.96 Å². The third-order valence-electron chi connectivity index (χ3n) is 4.13. The van der Waals surface area contributed by atoms with Crippen molar-refractivity contribution >= 4 is 27.4 Å². The number of hydrogen-bond donors (Lipinski definition) is 3. The van der Waals surface area contributed by atoms with E-state index in [9.17, 15) is 8.42 Å². The molecular formula is C19H24N4O2S. The van der Waals surface area contributed by atoms with E-state index < -0.39 is 15.3 Å². The minimum Gasteiger partial charge on any atom is -0.354 e. The van der Waals surface area contributed by atoms with Crippen LogP contribution in [0.4, 0.5) is 11.4 Å². The summed E-state index contributed by atoms with van der Waals surface area (Å²) in [7, 11) is -3.31. The molecule has 3 rings (SSSR count). The lowest BCUT2D eigenvalue weighted by Gasteiger charge is -2.11. The number of nitrogens with one attached hydrogen (secondary N) is 3. The van der Waals surface area contributed by atoms with E-state index in [0.29, 0.717) is 5.69 Å². The van der Waals surface area contributed by atoms with Gasteiger partial charge in [-0.25, -0.2) is 8.42 Å². The van der Waals surface area contributed by atoms with Crippen molar-refractivity contribution in [2.45, 2.75) is 25.5 Å². The molecule has 26 heavy (non-hydrogen) atoms. The first-order valence-electron chi connectivity index (χ1n) is 8.67. The van der Waals surface area contributed by atoms with Gasteiger partial charge in [-0.3, -0.25) is 9.71 Å². The largest absolute Gasteiger partial charge is 0.354 e. The minimum absolute atomic E-state index is 0.459. The van der Waals surface area contributed by atoms with Crippen molar-refractivity contribution < 1.29 is 8.42 Å². The van der Waals surface area contributed by atoms with Crippen molar-refractivity contribution in [3.05, 3.63) is 59.7 Å². The summed E-state index contributed by atoms with van der Waals surface area (Å²) in [6, 6.07) is 15.7. The number of hydrogen-bond acceptors (Lipinski definition) is 5. The third kappa shape index (κ3) is 4.76. The van der Waals surface area contributed by atoms with E-state index in [2.05, 4.69) is 32.5 Å². The van der Waals surface area contributed by atoms with E-state index in [0.717, 1.165) is 36.7 Å². The van der Waals surface area contributed by atoms with Crippen molar-refractivity contribution in [2.75, 3.05) is 23.1 Å². The summed E-state index contributed by atoms with van der Waals surface area (Å²) in [5.41, 5.74) is 3.90. The van der Waals surface area contributed by atoms with Crippen LogP contribution in [0, 0.1) is 0 Å². The molecule has 0 aromatic heterocycles. The Labute approximate surface area is 154 Å². The van der Waals surface area contributed by atoms with Gasteiger partial charge >= 0.3 is 0 Å². The highest BCUT2D eigenvalue weighted by molar-refractivity contribution is 7.93. The van der Waals surface area contributed by atoms with Gasteiger partial charge in [0.25, 0.3) is 0 Å². The molecule has 1 aliphatic rings. The Balaban J connectivity index is 1.60. The maximum absolute atomic E-state index is 11.9. The lowest BCUT2D eigenvalue weighted by Crippen LogP contribution is -2.26. The Kier molecular flexibility index (Phi) is 5.46. The standard InChI is InChI=1S/C19H24N4O2S/c1-14(2)26(24,25)23-18-9-5-16(6-10-18)13-15-3-7-17(8-4-15)22-19-20-11-12-21-19/h3-10,14,23H,11-13H2,1-2H3,(H2,20,21,22). The maximum atomic E-state index is 11.9. The van der Waals surface area contributed by atoms with E-state index >= 15 is 0 Å². The van der Waals surface area contributed by atoms with Gasteiger partial charge in [-0.2, -0.15) is 0 Å². The predicted molar refractivity (Wildman–Crippen MR) is 107 cm³/mol. The Bertz CT molecular complexity index is 873. The minimum atomic E-state index is -3.31. The normalized spacial score (nSPS) is 14.0. The van der Waals surface area contributed by atoms with Crippen LogP contribution in [0.15, 0.2) is 53.5 Å². The molecule has 0 aliphatic carbocycles. The summed E-state index contributed by atoms with van der Waals surface area (Å²) >= 11 is 0. The van der Waals surface area contributed by atoms with Gasteiger partial charge in [0.1, 0.15) is 0 Å². The Hall–Kier alpha value is -2.54. The highest BCUT2D eigenvalue weighted by Gasteiger charge is 2.15. The number of guanidine groups is 1. The van der Waals surface area contributed by atoms with E-state index in [1.54, 1.807) is 26.0 Å². The van der Waals surface area contributed by atoms with Crippen LogP contribution in [0.3, 0.4) is 0 Å². The molecule has 0 saturated heterocycles. The molecule has 0 radical (unpaired) electrons. The van der Waals surface area contributed by atoms with Gasteiger partial charge in [-0.1, -0.05) is 24.3 Å². The fourth-order valence-corrected chi connectivity index (χ4v) is 3.23. The fourth-order valence-electron chi connectivity index (χ4n) is 2.53. The summed E-state index contributed by atoms with van der Waals surface area (Å²) in [6.45, 7) is 5.00. The summed E-state index contributed by atoms with van der Waals surface area (Å²) < 4.78 is 26.4. The first-order chi connectivity index (χ1) is 12.4. The maximum Gasteiger partial charge on any atom is 0.235 e. The average molecular weight is 372 g/mol. The molecule has 0 atom stereocenters. The average Bonchev–Trinajstić information content (AvgIpc) is 3.11. The molecule has 0 saturated carbocycles. The van der Waals surface area contributed by atoms with Gasteiger partial charge in [0.2, 0.25) is 10.0 Å². The molecule has 2 aromatic carbocycles. The number of sulfonamides is 1. The zero-order chi connectivity index (χ0) is 18.6. The molecule has 0 bridgehead atoms.